The van der Waals surface area contributed by atoms with E-state index in [4.69, 9.17) is 4.42 Å². The van der Waals surface area contributed by atoms with Crippen LogP contribution < -0.4 is 0 Å². The van der Waals surface area contributed by atoms with Crippen molar-refractivity contribution in [3.05, 3.63) is 140 Å². The maximum atomic E-state index is 6.19. The van der Waals surface area contributed by atoms with Crippen LogP contribution in [0.15, 0.2) is 145 Å². The minimum atomic E-state index is 0.810. The number of aromatic nitrogens is 3. The molecule has 0 atom stereocenters. The summed E-state index contributed by atoms with van der Waals surface area (Å²) in [6, 6.07) is 38.7. The van der Waals surface area contributed by atoms with Crippen LogP contribution in [0.3, 0.4) is 0 Å². The summed E-state index contributed by atoms with van der Waals surface area (Å²) in [5.41, 5.74) is 11.9. The molecule has 5 heteroatoms. The number of hydrogen-bond acceptors (Lipinski definition) is 5. The number of pyridine rings is 3. The highest BCUT2D eigenvalue weighted by atomic mass is 32.1. The van der Waals surface area contributed by atoms with Crippen molar-refractivity contribution in [2.45, 2.75) is 0 Å². The van der Waals surface area contributed by atoms with E-state index in [1.54, 1.807) is 0 Å². The molecule has 5 aromatic heterocycles. The number of benzene rings is 4. The van der Waals surface area contributed by atoms with E-state index < -0.39 is 0 Å². The van der Waals surface area contributed by atoms with Crippen LogP contribution in [-0.4, -0.2) is 15.0 Å². The molecule has 0 aliphatic rings. The van der Waals surface area contributed by atoms with Gasteiger partial charge in [-0.2, -0.15) is 0 Å². The van der Waals surface area contributed by atoms with Gasteiger partial charge in [0.05, 0.1) is 0 Å². The number of hydrogen-bond donors (Lipinski definition) is 0. The average Bonchev–Trinajstić information content (AvgIpc) is 3.67. The molecular weight excluding hydrogens is 559 g/mol. The number of nitrogens with zero attached hydrogens (tertiary/aromatic N) is 3. The van der Waals surface area contributed by atoms with Gasteiger partial charge in [-0.3, -0.25) is 15.0 Å². The van der Waals surface area contributed by atoms with E-state index in [0.717, 1.165) is 49.9 Å². The first-order valence-corrected chi connectivity index (χ1v) is 15.3. The Bertz CT molecular complexity index is 2440. The van der Waals surface area contributed by atoms with Crippen molar-refractivity contribution in [3.63, 3.8) is 0 Å². The molecule has 5 heterocycles. The molecule has 0 N–H and O–H groups in total. The zero-order valence-electron chi connectivity index (χ0n) is 23.4. The number of furan rings is 1. The highest BCUT2D eigenvalue weighted by Gasteiger charge is 2.17. The van der Waals surface area contributed by atoms with Crippen molar-refractivity contribution in [3.8, 4) is 44.5 Å². The minimum absolute atomic E-state index is 0.810. The Labute approximate surface area is 256 Å². The first-order valence-electron chi connectivity index (χ1n) is 14.5. The van der Waals surface area contributed by atoms with Crippen LogP contribution in [0.4, 0.5) is 0 Å². The Kier molecular flexibility index (Phi) is 5.64. The molecular formula is C39H23N3OS. The van der Waals surface area contributed by atoms with Gasteiger partial charge >= 0.3 is 0 Å². The summed E-state index contributed by atoms with van der Waals surface area (Å²) in [7, 11) is 0. The van der Waals surface area contributed by atoms with Crippen molar-refractivity contribution in [2.75, 3.05) is 0 Å². The van der Waals surface area contributed by atoms with Gasteiger partial charge in [0.1, 0.15) is 11.1 Å². The quantitative estimate of drug-likeness (QED) is 0.207. The van der Waals surface area contributed by atoms with Gasteiger partial charge in [-0.15, -0.1) is 11.3 Å². The molecule has 0 aliphatic carbocycles. The van der Waals surface area contributed by atoms with Crippen LogP contribution in [0.2, 0.25) is 0 Å². The summed E-state index contributed by atoms with van der Waals surface area (Å²) >= 11 is 1.86. The maximum Gasteiger partial charge on any atom is 0.153 e. The van der Waals surface area contributed by atoms with Crippen molar-refractivity contribution >= 4 is 53.6 Å². The lowest BCUT2D eigenvalue weighted by Gasteiger charge is -2.12. The molecule has 0 unspecified atom stereocenters. The normalized spacial score (nSPS) is 11.6. The Morgan fingerprint density at radius 1 is 0.432 bits per heavy atom. The van der Waals surface area contributed by atoms with Gasteiger partial charge in [0.25, 0.3) is 0 Å². The van der Waals surface area contributed by atoms with Crippen LogP contribution in [-0.2, 0) is 0 Å². The molecule has 0 bridgehead atoms. The fourth-order valence-corrected chi connectivity index (χ4v) is 7.62. The van der Waals surface area contributed by atoms with Crippen LogP contribution in [0.1, 0.15) is 0 Å². The van der Waals surface area contributed by atoms with Crippen LogP contribution in [0, 0.1) is 0 Å². The fourth-order valence-electron chi connectivity index (χ4n) is 6.24. The second-order valence-electron chi connectivity index (χ2n) is 10.9. The molecule has 4 nitrogen and oxygen atoms in total. The minimum Gasteiger partial charge on any atom is -0.454 e. The molecule has 0 saturated heterocycles. The zero-order chi connectivity index (χ0) is 29.0. The fraction of sp³-hybridized carbons (Fsp3) is 0. The van der Waals surface area contributed by atoms with Gasteiger partial charge in [-0.05, 0) is 111 Å². The molecule has 0 aliphatic heterocycles. The second kappa shape index (κ2) is 9.97. The van der Waals surface area contributed by atoms with Gasteiger partial charge in [0, 0.05) is 56.5 Å². The van der Waals surface area contributed by atoms with Gasteiger partial charge in [-0.25, -0.2) is 0 Å². The van der Waals surface area contributed by atoms with Gasteiger partial charge < -0.3 is 4.42 Å². The molecule has 0 fully saturated rings. The number of rotatable bonds is 4. The molecule has 44 heavy (non-hydrogen) atoms. The van der Waals surface area contributed by atoms with Gasteiger partial charge in [-0.1, -0.05) is 42.5 Å². The Morgan fingerprint density at radius 2 is 1.05 bits per heavy atom. The molecule has 0 radical (unpaired) electrons. The lowest BCUT2D eigenvalue weighted by molar-refractivity contribution is 0.668. The van der Waals surface area contributed by atoms with Crippen molar-refractivity contribution in [1.29, 1.82) is 0 Å². The molecule has 4 aromatic carbocycles. The molecule has 9 aromatic rings. The van der Waals surface area contributed by atoms with E-state index >= 15 is 0 Å². The van der Waals surface area contributed by atoms with Crippen molar-refractivity contribution in [2.24, 2.45) is 0 Å². The summed E-state index contributed by atoms with van der Waals surface area (Å²) in [6.45, 7) is 0. The standard InChI is InChI=1S/C39H23N3OS/c1-4-30(26-9-10-34-36(23-26)43-35-8-3-15-42-37(34)35)38-32(6-1)33-7-2-5-31(39(33)44-38)29-21-27(24-11-16-40-17-12-24)20-28(22-29)25-13-18-41-19-14-25/h1-23H. The Balaban J connectivity index is 1.25. The van der Waals surface area contributed by atoms with E-state index in [1.165, 1.54) is 36.9 Å². The number of thiophene rings is 1. The molecule has 0 spiro atoms. The Hall–Kier alpha value is -5.65. The molecule has 0 saturated carbocycles. The van der Waals surface area contributed by atoms with Crippen LogP contribution >= 0.6 is 11.3 Å². The maximum absolute atomic E-state index is 6.19. The zero-order valence-corrected chi connectivity index (χ0v) is 24.3. The molecule has 206 valence electrons. The van der Waals surface area contributed by atoms with Crippen LogP contribution in [0.5, 0.6) is 0 Å². The lowest BCUT2D eigenvalue weighted by atomic mass is 9.93. The van der Waals surface area contributed by atoms with E-state index in [-0.39, 0.29) is 0 Å². The third-order valence-electron chi connectivity index (χ3n) is 8.33. The van der Waals surface area contributed by atoms with Gasteiger partial charge in [0.15, 0.2) is 5.58 Å². The summed E-state index contributed by atoms with van der Waals surface area (Å²) in [5, 5.41) is 3.56. The van der Waals surface area contributed by atoms with E-state index in [1.807, 2.05) is 54.5 Å². The summed E-state index contributed by atoms with van der Waals surface area (Å²) in [5.74, 6) is 0. The summed E-state index contributed by atoms with van der Waals surface area (Å²) in [6.07, 6.45) is 9.21. The average molecular weight is 582 g/mol. The smallest absolute Gasteiger partial charge is 0.153 e. The third-order valence-corrected chi connectivity index (χ3v) is 9.62. The van der Waals surface area contributed by atoms with E-state index in [2.05, 4.69) is 112 Å². The monoisotopic (exact) mass is 581 g/mol. The lowest BCUT2D eigenvalue weighted by Crippen LogP contribution is -1.87. The second-order valence-corrected chi connectivity index (χ2v) is 11.9. The molecule has 0 amide bonds. The first-order chi connectivity index (χ1) is 21.8. The van der Waals surface area contributed by atoms with E-state index in [0.29, 0.717) is 0 Å². The van der Waals surface area contributed by atoms with Gasteiger partial charge in [0.2, 0.25) is 0 Å². The third kappa shape index (κ3) is 4.02. The summed E-state index contributed by atoms with van der Waals surface area (Å²) in [4.78, 5) is 13.0. The highest BCUT2D eigenvalue weighted by molar-refractivity contribution is 7.26. The molecule has 9 rings (SSSR count). The predicted octanol–water partition coefficient (Wildman–Crippen LogP) is 10.8. The predicted molar refractivity (Wildman–Crippen MR) is 182 cm³/mol. The first kappa shape index (κ1) is 24.9. The van der Waals surface area contributed by atoms with E-state index in [9.17, 15) is 0 Å². The topological polar surface area (TPSA) is 51.8 Å². The summed E-state index contributed by atoms with van der Waals surface area (Å²) < 4.78 is 8.73. The van der Waals surface area contributed by atoms with Crippen LogP contribution in [0.25, 0.3) is 86.7 Å². The van der Waals surface area contributed by atoms with Crippen molar-refractivity contribution in [1.82, 2.24) is 15.0 Å². The number of fused-ring (bicyclic) bond motifs is 6. The largest absolute Gasteiger partial charge is 0.454 e. The Morgan fingerprint density at radius 3 is 1.70 bits per heavy atom. The van der Waals surface area contributed by atoms with Crippen molar-refractivity contribution < 1.29 is 4.42 Å². The highest BCUT2D eigenvalue weighted by Crippen LogP contribution is 2.45. The SMILES string of the molecule is c1cnc2c(c1)oc1cc(-c3cccc4c3sc3c(-c5cc(-c6ccncc6)cc(-c6ccncc6)c5)cccc34)ccc12.